The van der Waals surface area contributed by atoms with Crippen LogP contribution in [0.5, 0.6) is 0 Å². The third-order valence-electron chi connectivity index (χ3n) is 2.42. The lowest BCUT2D eigenvalue weighted by atomic mass is 10.3. The van der Waals surface area contributed by atoms with E-state index >= 15 is 0 Å². The molecule has 0 aliphatic rings. The van der Waals surface area contributed by atoms with Gasteiger partial charge < -0.3 is 4.98 Å². The minimum absolute atomic E-state index is 0.898. The standard InChI is InChI=1S/C10H10N4/c1-6-5-9-12-7(2)8-3-4-11-10(8)14(9)13-6/h3-5,11H,1-2H3. The second-order valence-electron chi connectivity index (χ2n) is 3.49. The molecular formula is C10H10N4. The molecule has 0 aliphatic carbocycles. The van der Waals surface area contributed by atoms with Crippen LogP contribution in [0.2, 0.25) is 0 Å². The zero-order valence-corrected chi connectivity index (χ0v) is 8.07. The summed E-state index contributed by atoms with van der Waals surface area (Å²) in [6.45, 7) is 3.98. The van der Waals surface area contributed by atoms with Crippen molar-refractivity contribution in [2.75, 3.05) is 0 Å². The van der Waals surface area contributed by atoms with E-state index in [0.29, 0.717) is 0 Å². The maximum atomic E-state index is 4.48. The molecule has 0 saturated heterocycles. The first-order chi connectivity index (χ1) is 6.75. The molecule has 0 spiro atoms. The van der Waals surface area contributed by atoms with E-state index in [-0.39, 0.29) is 0 Å². The topological polar surface area (TPSA) is 46.0 Å². The molecule has 0 amide bonds. The van der Waals surface area contributed by atoms with Crippen LogP contribution in [0.15, 0.2) is 18.3 Å². The van der Waals surface area contributed by atoms with Gasteiger partial charge in [0.2, 0.25) is 0 Å². The Morgan fingerprint density at radius 1 is 1.36 bits per heavy atom. The zero-order valence-electron chi connectivity index (χ0n) is 8.07. The average molecular weight is 186 g/mol. The summed E-state index contributed by atoms with van der Waals surface area (Å²) in [5, 5.41) is 5.50. The molecule has 0 aliphatic heterocycles. The summed E-state index contributed by atoms with van der Waals surface area (Å²) in [6, 6.07) is 4.00. The van der Waals surface area contributed by atoms with Crippen molar-refractivity contribution in [3.05, 3.63) is 29.7 Å². The first-order valence-electron chi connectivity index (χ1n) is 4.56. The molecule has 4 nitrogen and oxygen atoms in total. The molecule has 0 unspecified atom stereocenters. The minimum atomic E-state index is 0.898. The van der Waals surface area contributed by atoms with Crippen molar-refractivity contribution >= 4 is 16.7 Å². The van der Waals surface area contributed by atoms with Crippen LogP contribution in [0.1, 0.15) is 11.4 Å². The largest absolute Gasteiger partial charge is 0.346 e. The van der Waals surface area contributed by atoms with Gasteiger partial charge in [-0.05, 0) is 19.9 Å². The van der Waals surface area contributed by atoms with E-state index in [1.54, 1.807) is 0 Å². The van der Waals surface area contributed by atoms with Gasteiger partial charge >= 0.3 is 0 Å². The van der Waals surface area contributed by atoms with Crippen LogP contribution < -0.4 is 0 Å². The number of hydrogen-bond donors (Lipinski definition) is 1. The highest BCUT2D eigenvalue weighted by Gasteiger charge is 2.07. The third kappa shape index (κ3) is 0.824. The first kappa shape index (κ1) is 7.55. The molecule has 3 rings (SSSR count). The van der Waals surface area contributed by atoms with Crippen molar-refractivity contribution in [1.29, 1.82) is 0 Å². The number of rotatable bonds is 0. The molecule has 14 heavy (non-hydrogen) atoms. The summed E-state index contributed by atoms with van der Waals surface area (Å²) in [6.07, 6.45) is 1.91. The van der Waals surface area contributed by atoms with E-state index in [0.717, 1.165) is 28.1 Å². The lowest BCUT2D eigenvalue weighted by Crippen LogP contribution is -1.94. The van der Waals surface area contributed by atoms with Gasteiger partial charge in [-0.15, -0.1) is 0 Å². The summed E-state index contributed by atoms with van der Waals surface area (Å²) in [5.41, 5.74) is 3.93. The molecule has 3 aromatic rings. The van der Waals surface area contributed by atoms with Gasteiger partial charge in [-0.3, -0.25) is 0 Å². The number of fused-ring (bicyclic) bond motifs is 3. The Morgan fingerprint density at radius 3 is 3.07 bits per heavy atom. The fourth-order valence-electron chi connectivity index (χ4n) is 1.79. The van der Waals surface area contributed by atoms with Crippen molar-refractivity contribution < 1.29 is 0 Å². The van der Waals surface area contributed by atoms with Crippen LogP contribution in [0.3, 0.4) is 0 Å². The number of hydrogen-bond acceptors (Lipinski definition) is 2. The molecule has 0 fully saturated rings. The van der Waals surface area contributed by atoms with Crippen molar-refractivity contribution in [1.82, 2.24) is 19.6 Å². The second-order valence-corrected chi connectivity index (χ2v) is 3.49. The lowest BCUT2D eigenvalue weighted by molar-refractivity contribution is 0.938. The first-order valence-corrected chi connectivity index (χ1v) is 4.56. The van der Waals surface area contributed by atoms with Crippen LogP contribution in [0, 0.1) is 13.8 Å². The Bertz CT molecular complexity index is 617. The van der Waals surface area contributed by atoms with Crippen molar-refractivity contribution in [3.63, 3.8) is 0 Å². The Kier molecular flexibility index (Phi) is 1.27. The van der Waals surface area contributed by atoms with Gasteiger partial charge in [0.25, 0.3) is 0 Å². The van der Waals surface area contributed by atoms with E-state index in [4.69, 9.17) is 0 Å². The Hall–Kier alpha value is -1.84. The number of nitrogens with one attached hydrogen (secondary N) is 1. The SMILES string of the molecule is Cc1cc2nc(C)c3cc[nH]c3n2n1. The highest BCUT2D eigenvalue weighted by Crippen LogP contribution is 2.17. The monoisotopic (exact) mass is 186 g/mol. The third-order valence-corrected chi connectivity index (χ3v) is 2.42. The number of aromatic amines is 1. The highest BCUT2D eigenvalue weighted by molar-refractivity contribution is 5.80. The maximum Gasteiger partial charge on any atom is 0.157 e. The highest BCUT2D eigenvalue weighted by atomic mass is 15.3. The molecule has 0 aromatic carbocycles. The van der Waals surface area contributed by atoms with E-state index in [1.165, 1.54) is 0 Å². The lowest BCUT2D eigenvalue weighted by Gasteiger charge is -1.98. The molecule has 0 saturated carbocycles. The second kappa shape index (κ2) is 2.35. The van der Waals surface area contributed by atoms with Gasteiger partial charge in [0.15, 0.2) is 5.65 Å². The molecule has 4 heteroatoms. The summed E-state index contributed by atoms with van der Waals surface area (Å²) in [4.78, 5) is 7.65. The van der Waals surface area contributed by atoms with Gasteiger partial charge in [0, 0.05) is 17.6 Å². The van der Waals surface area contributed by atoms with E-state index in [9.17, 15) is 0 Å². The minimum Gasteiger partial charge on any atom is -0.346 e. The zero-order chi connectivity index (χ0) is 9.71. The predicted molar refractivity (Wildman–Crippen MR) is 54.3 cm³/mol. The van der Waals surface area contributed by atoms with E-state index in [1.807, 2.05) is 36.7 Å². The summed E-state index contributed by atoms with van der Waals surface area (Å²) in [5.74, 6) is 0. The average Bonchev–Trinajstić information content (AvgIpc) is 2.69. The van der Waals surface area contributed by atoms with Gasteiger partial charge in [-0.2, -0.15) is 9.61 Å². The number of nitrogens with zero attached hydrogens (tertiary/aromatic N) is 3. The van der Waals surface area contributed by atoms with Gasteiger partial charge in [-0.25, -0.2) is 4.98 Å². The number of aromatic nitrogens is 4. The van der Waals surface area contributed by atoms with Crippen LogP contribution >= 0.6 is 0 Å². The predicted octanol–water partition coefficient (Wildman–Crippen LogP) is 1.83. The summed E-state index contributed by atoms with van der Waals surface area (Å²) < 4.78 is 1.84. The van der Waals surface area contributed by atoms with Gasteiger partial charge in [-0.1, -0.05) is 0 Å². The number of aryl methyl sites for hydroxylation is 2. The quantitative estimate of drug-likeness (QED) is 0.582. The maximum absolute atomic E-state index is 4.48. The van der Waals surface area contributed by atoms with Crippen molar-refractivity contribution in [2.45, 2.75) is 13.8 Å². The molecule has 3 heterocycles. The molecule has 1 N–H and O–H groups in total. The number of H-pyrrole nitrogens is 1. The summed E-state index contributed by atoms with van der Waals surface area (Å²) >= 11 is 0. The van der Waals surface area contributed by atoms with E-state index < -0.39 is 0 Å². The summed E-state index contributed by atoms with van der Waals surface area (Å²) in [7, 11) is 0. The molecule has 3 aromatic heterocycles. The van der Waals surface area contributed by atoms with E-state index in [2.05, 4.69) is 15.1 Å². The van der Waals surface area contributed by atoms with Crippen LogP contribution in [-0.4, -0.2) is 19.6 Å². The molecule has 0 atom stereocenters. The molecule has 0 bridgehead atoms. The smallest absolute Gasteiger partial charge is 0.157 e. The van der Waals surface area contributed by atoms with Gasteiger partial charge in [0.1, 0.15) is 5.65 Å². The molecular weight excluding hydrogens is 176 g/mol. The van der Waals surface area contributed by atoms with Crippen LogP contribution in [0.25, 0.3) is 16.7 Å². The normalized spacial score (nSPS) is 11.6. The Morgan fingerprint density at radius 2 is 2.21 bits per heavy atom. The fourth-order valence-corrected chi connectivity index (χ4v) is 1.79. The van der Waals surface area contributed by atoms with Crippen LogP contribution in [-0.2, 0) is 0 Å². The Labute approximate surface area is 80.6 Å². The molecule has 0 radical (unpaired) electrons. The fraction of sp³-hybridized carbons (Fsp3) is 0.200. The van der Waals surface area contributed by atoms with Crippen molar-refractivity contribution in [3.8, 4) is 0 Å². The molecule has 70 valence electrons. The van der Waals surface area contributed by atoms with Crippen LogP contribution in [0.4, 0.5) is 0 Å². The Balaban J connectivity index is 2.64. The van der Waals surface area contributed by atoms with Gasteiger partial charge in [0.05, 0.1) is 11.4 Å². The van der Waals surface area contributed by atoms with Crippen molar-refractivity contribution in [2.24, 2.45) is 0 Å².